The van der Waals surface area contributed by atoms with Crippen LogP contribution in [0.15, 0.2) is 28.1 Å². The minimum atomic E-state index is -0.156. The highest BCUT2D eigenvalue weighted by Crippen LogP contribution is 2.20. The van der Waals surface area contributed by atoms with Gasteiger partial charge in [-0.15, -0.1) is 21.5 Å². The maximum absolute atomic E-state index is 11.9. The SMILES string of the molecule is Cc1ccnc(Nc2nc(CC(=O)NCc3nnc(C)o3)cs2)c1. The van der Waals surface area contributed by atoms with Gasteiger partial charge >= 0.3 is 0 Å². The van der Waals surface area contributed by atoms with Crippen molar-refractivity contribution in [1.29, 1.82) is 0 Å². The largest absolute Gasteiger partial charge is 0.424 e. The second kappa shape index (κ2) is 7.18. The number of aromatic nitrogens is 4. The number of rotatable bonds is 6. The van der Waals surface area contributed by atoms with Crippen molar-refractivity contribution in [3.8, 4) is 0 Å². The van der Waals surface area contributed by atoms with Gasteiger partial charge in [-0.25, -0.2) is 9.97 Å². The van der Waals surface area contributed by atoms with E-state index in [1.54, 1.807) is 13.1 Å². The minimum Gasteiger partial charge on any atom is -0.424 e. The third kappa shape index (κ3) is 4.35. The summed E-state index contributed by atoms with van der Waals surface area (Å²) in [4.78, 5) is 20.5. The van der Waals surface area contributed by atoms with Gasteiger partial charge in [-0.05, 0) is 24.6 Å². The quantitative estimate of drug-likeness (QED) is 0.705. The summed E-state index contributed by atoms with van der Waals surface area (Å²) in [5, 5.41) is 15.9. The Morgan fingerprint density at radius 2 is 2.21 bits per heavy atom. The molecule has 3 rings (SSSR count). The summed E-state index contributed by atoms with van der Waals surface area (Å²) in [6.07, 6.45) is 1.92. The van der Waals surface area contributed by atoms with Crippen LogP contribution in [0.3, 0.4) is 0 Å². The molecule has 0 radical (unpaired) electrons. The molecule has 24 heavy (non-hydrogen) atoms. The second-order valence-corrected chi connectivity index (χ2v) is 6.01. The van der Waals surface area contributed by atoms with E-state index in [2.05, 4.69) is 30.8 Å². The molecule has 0 fully saturated rings. The van der Waals surface area contributed by atoms with Crippen molar-refractivity contribution in [3.63, 3.8) is 0 Å². The summed E-state index contributed by atoms with van der Waals surface area (Å²) in [5.41, 5.74) is 1.80. The van der Waals surface area contributed by atoms with Crippen molar-refractivity contribution in [2.45, 2.75) is 26.8 Å². The van der Waals surface area contributed by atoms with E-state index < -0.39 is 0 Å². The maximum Gasteiger partial charge on any atom is 0.235 e. The highest BCUT2D eigenvalue weighted by Gasteiger charge is 2.10. The molecule has 0 saturated heterocycles. The first kappa shape index (κ1) is 16.1. The molecule has 0 aliphatic heterocycles. The highest BCUT2D eigenvalue weighted by molar-refractivity contribution is 7.13. The van der Waals surface area contributed by atoms with E-state index in [1.807, 2.05) is 24.4 Å². The molecule has 0 aliphatic carbocycles. The predicted molar refractivity (Wildman–Crippen MR) is 89.0 cm³/mol. The van der Waals surface area contributed by atoms with Gasteiger partial charge in [0.2, 0.25) is 17.7 Å². The molecule has 8 nitrogen and oxygen atoms in total. The zero-order chi connectivity index (χ0) is 16.9. The summed E-state index contributed by atoms with van der Waals surface area (Å²) in [6.45, 7) is 3.91. The van der Waals surface area contributed by atoms with Gasteiger partial charge in [0.15, 0.2) is 5.13 Å². The van der Waals surface area contributed by atoms with Crippen LogP contribution in [-0.2, 0) is 17.8 Å². The lowest BCUT2D eigenvalue weighted by Crippen LogP contribution is -2.24. The van der Waals surface area contributed by atoms with Crippen LogP contribution in [0.1, 0.15) is 23.0 Å². The van der Waals surface area contributed by atoms with Crippen LogP contribution in [0.5, 0.6) is 0 Å². The van der Waals surface area contributed by atoms with Crippen molar-refractivity contribution >= 4 is 28.2 Å². The molecule has 0 saturated carbocycles. The average molecular weight is 344 g/mol. The van der Waals surface area contributed by atoms with Crippen LogP contribution in [0.4, 0.5) is 10.9 Å². The number of amides is 1. The van der Waals surface area contributed by atoms with Gasteiger partial charge in [-0.1, -0.05) is 0 Å². The van der Waals surface area contributed by atoms with Gasteiger partial charge in [-0.2, -0.15) is 0 Å². The van der Waals surface area contributed by atoms with Crippen LogP contribution in [0, 0.1) is 13.8 Å². The number of nitrogens with zero attached hydrogens (tertiary/aromatic N) is 4. The average Bonchev–Trinajstić information content (AvgIpc) is 3.14. The summed E-state index contributed by atoms with van der Waals surface area (Å²) in [6, 6.07) is 3.86. The third-order valence-corrected chi connectivity index (χ3v) is 3.86. The molecule has 0 aliphatic rings. The Labute approximate surface area is 142 Å². The van der Waals surface area contributed by atoms with E-state index in [1.165, 1.54) is 11.3 Å². The number of anilines is 2. The summed E-state index contributed by atoms with van der Waals surface area (Å²) in [5.74, 6) is 1.43. The van der Waals surface area contributed by atoms with E-state index in [4.69, 9.17) is 4.42 Å². The number of hydrogen-bond donors (Lipinski definition) is 2. The molecule has 3 heterocycles. The van der Waals surface area contributed by atoms with Crippen molar-refractivity contribution in [2.24, 2.45) is 0 Å². The van der Waals surface area contributed by atoms with Crippen LogP contribution in [0.25, 0.3) is 0 Å². The fourth-order valence-corrected chi connectivity index (χ4v) is 2.69. The van der Waals surface area contributed by atoms with Gasteiger partial charge in [0.1, 0.15) is 5.82 Å². The second-order valence-electron chi connectivity index (χ2n) is 5.16. The Balaban J connectivity index is 1.52. The van der Waals surface area contributed by atoms with Crippen LogP contribution < -0.4 is 10.6 Å². The Bertz CT molecular complexity index is 844. The molecule has 0 atom stereocenters. The zero-order valence-electron chi connectivity index (χ0n) is 13.2. The van der Waals surface area contributed by atoms with Crippen molar-refractivity contribution in [2.75, 3.05) is 5.32 Å². The molecule has 124 valence electrons. The highest BCUT2D eigenvalue weighted by atomic mass is 32.1. The Hall–Kier alpha value is -2.81. The number of carbonyl (C=O) groups excluding carboxylic acids is 1. The van der Waals surface area contributed by atoms with Gasteiger partial charge in [0.25, 0.3) is 0 Å². The molecular formula is C15H16N6O2S. The van der Waals surface area contributed by atoms with E-state index in [0.717, 1.165) is 11.4 Å². The van der Waals surface area contributed by atoms with Crippen LogP contribution in [-0.4, -0.2) is 26.1 Å². The summed E-state index contributed by atoms with van der Waals surface area (Å²) in [7, 11) is 0. The smallest absolute Gasteiger partial charge is 0.235 e. The number of thiazole rings is 1. The molecule has 1 amide bonds. The molecule has 3 aromatic rings. The molecule has 3 aromatic heterocycles. The number of nitrogens with one attached hydrogen (secondary N) is 2. The first-order valence-corrected chi connectivity index (χ1v) is 8.16. The van der Waals surface area contributed by atoms with Crippen molar-refractivity contribution < 1.29 is 9.21 Å². The summed E-state index contributed by atoms with van der Waals surface area (Å²) >= 11 is 1.43. The van der Waals surface area contributed by atoms with Gasteiger partial charge in [-0.3, -0.25) is 4.79 Å². The van der Waals surface area contributed by atoms with Crippen molar-refractivity contribution in [1.82, 2.24) is 25.5 Å². The number of hydrogen-bond acceptors (Lipinski definition) is 8. The standard InChI is InChI=1S/C15H16N6O2S/c1-9-3-4-16-12(5-9)19-15-18-11(8-24-15)6-13(22)17-7-14-21-20-10(2)23-14/h3-5,8H,6-7H2,1-2H3,(H,17,22)(H,16,18,19). The molecule has 0 aromatic carbocycles. The summed E-state index contributed by atoms with van der Waals surface area (Å²) < 4.78 is 5.20. The van der Waals surface area contributed by atoms with E-state index in [9.17, 15) is 4.79 Å². The van der Waals surface area contributed by atoms with Crippen LogP contribution >= 0.6 is 11.3 Å². The van der Waals surface area contributed by atoms with Crippen molar-refractivity contribution in [3.05, 3.63) is 46.7 Å². The molecular weight excluding hydrogens is 328 g/mol. The molecule has 0 spiro atoms. The minimum absolute atomic E-state index is 0.156. The molecule has 0 bridgehead atoms. The third-order valence-electron chi connectivity index (χ3n) is 3.05. The normalized spacial score (nSPS) is 10.6. The lowest BCUT2D eigenvalue weighted by Gasteiger charge is -2.02. The van der Waals surface area contributed by atoms with E-state index in [-0.39, 0.29) is 18.9 Å². The fraction of sp³-hybridized carbons (Fsp3) is 0.267. The van der Waals surface area contributed by atoms with Gasteiger partial charge in [0, 0.05) is 18.5 Å². The molecule has 0 unspecified atom stereocenters. The maximum atomic E-state index is 11.9. The number of pyridine rings is 1. The van der Waals surface area contributed by atoms with Crippen LogP contribution in [0.2, 0.25) is 0 Å². The Kier molecular flexibility index (Phi) is 4.80. The van der Waals surface area contributed by atoms with Gasteiger partial charge in [0.05, 0.1) is 18.7 Å². The topological polar surface area (TPSA) is 106 Å². The first-order chi connectivity index (χ1) is 11.6. The number of carbonyl (C=O) groups is 1. The van der Waals surface area contributed by atoms with E-state index >= 15 is 0 Å². The zero-order valence-corrected chi connectivity index (χ0v) is 14.1. The lowest BCUT2D eigenvalue weighted by atomic mass is 10.3. The fourth-order valence-electron chi connectivity index (χ4n) is 1.97. The molecule has 9 heteroatoms. The van der Waals surface area contributed by atoms with Gasteiger partial charge < -0.3 is 15.1 Å². The lowest BCUT2D eigenvalue weighted by molar-refractivity contribution is -0.120. The number of aryl methyl sites for hydroxylation is 2. The van der Waals surface area contributed by atoms with E-state index in [0.29, 0.717) is 22.6 Å². The Morgan fingerprint density at radius 3 is 2.96 bits per heavy atom. The Morgan fingerprint density at radius 1 is 1.33 bits per heavy atom. The first-order valence-electron chi connectivity index (χ1n) is 7.28. The predicted octanol–water partition coefficient (Wildman–Crippen LogP) is 2.14. The monoisotopic (exact) mass is 344 g/mol. The molecule has 2 N–H and O–H groups in total.